The minimum absolute atomic E-state index is 0.137. The van der Waals surface area contributed by atoms with Gasteiger partial charge in [-0.15, -0.1) is 0 Å². The van der Waals surface area contributed by atoms with Crippen LogP contribution in [0.2, 0.25) is 0 Å². The first-order valence-electron chi connectivity index (χ1n) is 8.31. The van der Waals surface area contributed by atoms with Crippen LogP contribution in [0.5, 0.6) is 5.75 Å². The van der Waals surface area contributed by atoms with Gasteiger partial charge in [0.05, 0.1) is 12.2 Å². The van der Waals surface area contributed by atoms with Crippen molar-refractivity contribution in [2.24, 2.45) is 0 Å². The lowest BCUT2D eigenvalue weighted by Crippen LogP contribution is -2.40. The van der Waals surface area contributed by atoms with Crippen LogP contribution < -0.4 is 10.6 Å². The van der Waals surface area contributed by atoms with Gasteiger partial charge in [0.25, 0.3) is 5.91 Å². The zero-order chi connectivity index (χ0) is 21.7. The quantitative estimate of drug-likeness (QED) is 0.501. The van der Waals surface area contributed by atoms with Crippen LogP contribution in [0.25, 0.3) is 0 Å². The van der Waals surface area contributed by atoms with Gasteiger partial charge in [0.2, 0.25) is 5.91 Å². The maximum absolute atomic E-state index is 13.5. The van der Waals surface area contributed by atoms with Gasteiger partial charge in [-0.25, -0.2) is 18.0 Å². The number of aryl methyl sites for hydroxylation is 1. The molecule has 2 amide bonds. The molecule has 29 heavy (non-hydrogen) atoms. The third kappa shape index (κ3) is 5.47. The number of ether oxygens (including phenoxy) is 1. The zero-order valence-electron chi connectivity index (χ0n) is 15.4. The SMILES string of the molecule is Cc1ccc(C(=O)O[C@@H](C)C(=O)NCC(=O)Nc2ccc(F)c(F)c2F)c(O)c1. The Hall–Kier alpha value is -3.56. The van der Waals surface area contributed by atoms with Crippen molar-refractivity contribution in [1.82, 2.24) is 5.32 Å². The summed E-state index contributed by atoms with van der Waals surface area (Å²) in [4.78, 5) is 35.7. The van der Waals surface area contributed by atoms with E-state index in [-0.39, 0.29) is 11.3 Å². The third-order valence-corrected chi connectivity index (χ3v) is 3.76. The van der Waals surface area contributed by atoms with Crippen molar-refractivity contribution in [3.05, 3.63) is 58.9 Å². The number of carbonyl (C=O) groups is 3. The molecule has 0 radical (unpaired) electrons. The van der Waals surface area contributed by atoms with E-state index in [9.17, 15) is 32.7 Å². The second kappa shape index (κ2) is 9.09. The minimum atomic E-state index is -1.74. The topological polar surface area (TPSA) is 105 Å². The number of anilines is 1. The molecule has 1 atom stereocenters. The van der Waals surface area contributed by atoms with Crippen LogP contribution in [-0.4, -0.2) is 35.5 Å². The lowest BCUT2D eigenvalue weighted by atomic mass is 10.1. The maximum atomic E-state index is 13.5. The highest BCUT2D eigenvalue weighted by molar-refractivity contribution is 5.97. The molecule has 2 aromatic carbocycles. The lowest BCUT2D eigenvalue weighted by Gasteiger charge is -2.14. The van der Waals surface area contributed by atoms with E-state index in [0.29, 0.717) is 11.6 Å². The van der Waals surface area contributed by atoms with E-state index in [4.69, 9.17) is 4.74 Å². The summed E-state index contributed by atoms with van der Waals surface area (Å²) in [5, 5.41) is 13.9. The highest BCUT2D eigenvalue weighted by atomic mass is 19.2. The molecule has 0 fully saturated rings. The van der Waals surface area contributed by atoms with Gasteiger partial charge in [-0.1, -0.05) is 6.07 Å². The molecule has 154 valence electrons. The van der Waals surface area contributed by atoms with Crippen LogP contribution in [0.4, 0.5) is 18.9 Å². The molecule has 0 aliphatic heterocycles. The molecule has 0 aliphatic rings. The number of benzene rings is 2. The van der Waals surface area contributed by atoms with Gasteiger partial charge in [-0.2, -0.15) is 0 Å². The van der Waals surface area contributed by atoms with E-state index in [1.165, 1.54) is 19.1 Å². The minimum Gasteiger partial charge on any atom is -0.507 e. The Kier molecular flexibility index (Phi) is 6.81. The molecule has 0 aliphatic carbocycles. The molecule has 0 saturated carbocycles. The number of amides is 2. The molecule has 10 heteroatoms. The van der Waals surface area contributed by atoms with Crippen LogP contribution in [0.15, 0.2) is 30.3 Å². The number of halogens is 3. The van der Waals surface area contributed by atoms with Crippen molar-refractivity contribution in [2.45, 2.75) is 20.0 Å². The molecule has 0 saturated heterocycles. The second-order valence-electron chi connectivity index (χ2n) is 6.06. The lowest BCUT2D eigenvalue weighted by molar-refractivity contribution is -0.130. The highest BCUT2D eigenvalue weighted by Crippen LogP contribution is 2.20. The van der Waals surface area contributed by atoms with Crippen LogP contribution in [0.3, 0.4) is 0 Å². The number of phenolic OH excluding ortho intramolecular Hbond substituents is 1. The normalized spacial score (nSPS) is 11.5. The third-order valence-electron chi connectivity index (χ3n) is 3.76. The van der Waals surface area contributed by atoms with Crippen molar-refractivity contribution in [3.8, 4) is 5.75 Å². The smallest absolute Gasteiger partial charge is 0.342 e. The monoisotopic (exact) mass is 410 g/mol. The first kappa shape index (κ1) is 21.7. The molecular formula is C19H17F3N2O5. The summed E-state index contributed by atoms with van der Waals surface area (Å²) < 4.78 is 44.4. The van der Waals surface area contributed by atoms with Crippen LogP contribution in [0, 0.1) is 24.4 Å². The molecule has 0 spiro atoms. The molecule has 7 nitrogen and oxygen atoms in total. The van der Waals surface area contributed by atoms with Gasteiger partial charge in [0.1, 0.15) is 11.3 Å². The summed E-state index contributed by atoms with van der Waals surface area (Å²) in [7, 11) is 0. The first-order valence-corrected chi connectivity index (χ1v) is 8.31. The molecule has 3 N–H and O–H groups in total. The summed E-state index contributed by atoms with van der Waals surface area (Å²) in [6.07, 6.45) is -1.31. The molecular weight excluding hydrogens is 393 g/mol. The van der Waals surface area contributed by atoms with Crippen LogP contribution in [-0.2, 0) is 14.3 Å². The Balaban J connectivity index is 1.89. The number of phenols is 1. The van der Waals surface area contributed by atoms with Crippen LogP contribution >= 0.6 is 0 Å². The Labute approximate surface area is 163 Å². The summed E-state index contributed by atoms with van der Waals surface area (Å²) in [5.74, 6) is -7.75. The van der Waals surface area contributed by atoms with E-state index in [1.807, 2.05) is 5.32 Å². The standard InChI is InChI=1S/C19H17F3N2O5/c1-9-3-4-11(14(25)7-9)19(28)29-10(2)18(27)23-8-15(26)24-13-6-5-12(20)16(21)17(13)22/h3-7,10,25H,8H2,1-2H3,(H,23,27)(H,24,26)/t10-/m0/s1. The van der Waals surface area contributed by atoms with Crippen molar-refractivity contribution < 1.29 is 37.4 Å². The number of rotatable bonds is 6. The van der Waals surface area contributed by atoms with Gasteiger partial charge in [0.15, 0.2) is 23.6 Å². The van der Waals surface area contributed by atoms with Crippen molar-refractivity contribution >= 4 is 23.5 Å². The van der Waals surface area contributed by atoms with Gasteiger partial charge in [-0.3, -0.25) is 9.59 Å². The maximum Gasteiger partial charge on any atom is 0.342 e. The van der Waals surface area contributed by atoms with Gasteiger partial charge in [-0.05, 0) is 43.7 Å². The number of hydrogen-bond donors (Lipinski definition) is 3. The average Bonchev–Trinajstić information content (AvgIpc) is 2.66. The van der Waals surface area contributed by atoms with Crippen molar-refractivity contribution in [1.29, 1.82) is 0 Å². The van der Waals surface area contributed by atoms with E-state index < -0.39 is 53.6 Å². The van der Waals surface area contributed by atoms with E-state index >= 15 is 0 Å². The molecule has 0 aromatic heterocycles. The largest absolute Gasteiger partial charge is 0.507 e. The summed E-state index contributed by atoms with van der Waals surface area (Å²) >= 11 is 0. The second-order valence-corrected chi connectivity index (χ2v) is 6.06. The molecule has 0 bridgehead atoms. The fourth-order valence-corrected chi connectivity index (χ4v) is 2.22. The highest BCUT2D eigenvalue weighted by Gasteiger charge is 2.22. The average molecular weight is 410 g/mol. The summed E-state index contributed by atoms with van der Waals surface area (Å²) in [6.45, 7) is 2.31. The van der Waals surface area contributed by atoms with Gasteiger partial charge >= 0.3 is 5.97 Å². The Morgan fingerprint density at radius 3 is 2.45 bits per heavy atom. The fourth-order valence-electron chi connectivity index (χ4n) is 2.22. The van der Waals surface area contributed by atoms with Gasteiger partial charge in [0, 0.05) is 0 Å². The van der Waals surface area contributed by atoms with E-state index in [1.54, 1.807) is 13.0 Å². The molecule has 0 unspecified atom stereocenters. The molecule has 0 heterocycles. The van der Waals surface area contributed by atoms with Crippen molar-refractivity contribution in [2.75, 3.05) is 11.9 Å². The number of aromatic hydroxyl groups is 1. The Morgan fingerprint density at radius 1 is 1.10 bits per heavy atom. The Bertz CT molecular complexity index is 965. The number of carbonyl (C=O) groups excluding carboxylic acids is 3. The fraction of sp³-hybridized carbons (Fsp3) is 0.211. The predicted octanol–water partition coefficient (Wildman–Crippen LogP) is 2.42. The van der Waals surface area contributed by atoms with E-state index in [0.717, 1.165) is 6.07 Å². The number of nitrogens with one attached hydrogen (secondary N) is 2. The van der Waals surface area contributed by atoms with Crippen LogP contribution in [0.1, 0.15) is 22.8 Å². The van der Waals surface area contributed by atoms with Crippen molar-refractivity contribution in [3.63, 3.8) is 0 Å². The summed E-state index contributed by atoms with van der Waals surface area (Å²) in [5.41, 5.74) is -0.0207. The molecule has 2 rings (SSSR count). The van der Waals surface area contributed by atoms with Gasteiger partial charge < -0.3 is 20.5 Å². The first-order chi connectivity index (χ1) is 13.6. The summed E-state index contributed by atoms with van der Waals surface area (Å²) in [6, 6.07) is 5.72. The zero-order valence-corrected chi connectivity index (χ0v) is 15.4. The number of hydrogen-bond acceptors (Lipinski definition) is 5. The molecule has 2 aromatic rings. The predicted molar refractivity (Wildman–Crippen MR) is 95.7 cm³/mol. The number of esters is 1. The Morgan fingerprint density at radius 2 is 1.79 bits per heavy atom. The van der Waals surface area contributed by atoms with E-state index in [2.05, 4.69) is 5.32 Å².